The van der Waals surface area contributed by atoms with Crippen LogP contribution in [0.15, 0.2) is 77.7 Å². The Balaban J connectivity index is 1.77. The average molecular weight is 482 g/mol. The Kier molecular flexibility index (Phi) is 8.31. The molecular formula is C26H31N3O4S. The molecule has 3 rings (SSSR count). The van der Waals surface area contributed by atoms with Crippen LogP contribution in [0.3, 0.4) is 0 Å². The number of aryl methyl sites for hydroxylation is 1. The van der Waals surface area contributed by atoms with E-state index in [1.54, 1.807) is 18.2 Å². The first-order chi connectivity index (χ1) is 16.2. The van der Waals surface area contributed by atoms with Crippen LogP contribution in [-0.4, -0.2) is 53.0 Å². The lowest BCUT2D eigenvalue weighted by molar-refractivity contribution is 0.0941. The molecule has 1 unspecified atom stereocenters. The van der Waals surface area contributed by atoms with Crippen molar-refractivity contribution in [3.8, 4) is 5.75 Å². The lowest BCUT2D eigenvalue weighted by Crippen LogP contribution is -2.41. The molecule has 0 heterocycles. The predicted molar refractivity (Wildman–Crippen MR) is 135 cm³/mol. The van der Waals surface area contributed by atoms with Gasteiger partial charge in [-0.25, -0.2) is 8.42 Å². The molecule has 0 aliphatic carbocycles. The Morgan fingerprint density at radius 1 is 1.00 bits per heavy atom. The van der Waals surface area contributed by atoms with E-state index in [0.29, 0.717) is 12.2 Å². The molecule has 34 heavy (non-hydrogen) atoms. The molecule has 2 N–H and O–H groups in total. The smallest absolute Gasteiger partial charge is 0.265 e. The highest BCUT2D eigenvalue weighted by Crippen LogP contribution is 2.27. The van der Waals surface area contributed by atoms with Gasteiger partial charge in [-0.2, -0.15) is 0 Å². The molecule has 0 aromatic heterocycles. The molecule has 0 radical (unpaired) electrons. The summed E-state index contributed by atoms with van der Waals surface area (Å²) in [5.74, 6) is -0.194. The molecule has 0 saturated carbocycles. The second-order valence-electron chi connectivity index (χ2n) is 8.35. The topological polar surface area (TPSA) is 87.7 Å². The van der Waals surface area contributed by atoms with Crippen LogP contribution in [-0.2, 0) is 16.4 Å². The predicted octanol–water partition coefficient (Wildman–Crippen LogP) is 3.71. The summed E-state index contributed by atoms with van der Waals surface area (Å²) >= 11 is 0. The average Bonchev–Trinajstić information content (AvgIpc) is 2.83. The van der Waals surface area contributed by atoms with Crippen molar-refractivity contribution in [1.29, 1.82) is 0 Å². The summed E-state index contributed by atoms with van der Waals surface area (Å²) in [5.41, 5.74) is 2.86. The number of benzene rings is 3. The van der Waals surface area contributed by atoms with E-state index >= 15 is 0 Å². The largest absolute Gasteiger partial charge is 0.495 e. The van der Waals surface area contributed by atoms with Gasteiger partial charge in [-0.05, 0) is 63.3 Å². The third kappa shape index (κ3) is 6.59. The van der Waals surface area contributed by atoms with Crippen molar-refractivity contribution in [2.75, 3.05) is 32.5 Å². The van der Waals surface area contributed by atoms with Gasteiger partial charge >= 0.3 is 0 Å². The molecule has 7 nitrogen and oxygen atoms in total. The fourth-order valence-corrected chi connectivity index (χ4v) is 4.75. The Hall–Kier alpha value is -3.36. The number of carbonyl (C=O) groups is 1. The minimum absolute atomic E-state index is 0.0796. The molecule has 0 aliphatic rings. The van der Waals surface area contributed by atoms with E-state index in [4.69, 9.17) is 4.74 Å². The van der Waals surface area contributed by atoms with Crippen molar-refractivity contribution >= 4 is 21.6 Å². The fourth-order valence-electron chi connectivity index (χ4n) is 3.50. The quantitative estimate of drug-likeness (QED) is 0.461. The van der Waals surface area contributed by atoms with Crippen LogP contribution >= 0.6 is 0 Å². The molecule has 3 aromatic carbocycles. The minimum Gasteiger partial charge on any atom is -0.495 e. The van der Waals surface area contributed by atoms with E-state index in [9.17, 15) is 13.2 Å². The molecule has 8 heteroatoms. The van der Waals surface area contributed by atoms with Crippen molar-refractivity contribution in [3.05, 3.63) is 89.5 Å². The zero-order chi connectivity index (χ0) is 24.7. The minimum atomic E-state index is -3.97. The van der Waals surface area contributed by atoms with Crippen LogP contribution in [0.2, 0.25) is 0 Å². The number of hydrogen-bond acceptors (Lipinski definition) is 5. The number of carbonyl (C=O) groups excluding carboxylic acids is 1. The Morgan fingerprint density at radius 3 is 2.29 bits per heavy atom. The van der Waals surface area contributed by atoms with E-state index in [2.05, 4.69) is 27.1 Å². The standard InChI is InChI=1S/C26H31N3O4S/c1-19-10-13-22(14-11-19)28-34(31,32)25-17-21(12-15-24(25)33-4)26(30)27-18-23(29(2)3)16-20-8-6-5-7-9-20/h5-15,17,23,28H,16,18H2,1-4H3,(H,27,30). The Morgan fingerprint density at radius 2 is 1.68 bits per heavy atom. The van der Waals surface area contributed by atoms with Crippen molar-refractivity contribution < 1.29 is 17.9 Å². The second-order valence-corrected chi connectivity index (χ2v) is 10.0. The zero-order valence-electron chi connectivity index (χ0n) is 19.9. The SMILES string of the molecule is COc1ccc(C(=O)NCC(Cc2ccccc2)N(C)C)cc1S(=O)(=O)Nc1ccc(C)cc1. The molecule has 0 fully saturated rings. The van der Waals surface area contributed by atoms with E-state index in [1.165, 1.54) is 24.8 Å². The summed E-state index contributed by atoms with van der Waals surface area (Å²) in [4.78, 5) is 14.9. The van der Waals surface area contributed by atoms with Crippen LogP contribution in [0.4, 0.5) is 5.69 Å². The molecule has 0 bridgehead atoms. The second kappa shape index (κ2) is 11.2. The molecule has 0 saturated heterocycles. The number of hydrogen-bond donors (Lipinski definition) is 2. The lowest BCUT2D eigenvalue weighted by Gasteiger charge is -2.25. The van der Waals surface area contributed by atoms with Gasteiger partial charge in [0.25, 0.3) is 15.9 Å². The first kappa shape index (κ1) is 25.3. The summed E-state index contributed by atoms with van der Waals surface area (Å²) in [6, 6.07) is 21.5. The molecule has 1 atom stereocenters. The van der Waals surface area contributed by atoms with Crippen molar-refractivity contribution in [1.82, 2.24) is 10.2 Å². The van der Waals surface area contributed by atoms with E-state index in [-0.39, 0.29) is 28.2 Å². The zero-order valence-corrected chi connectivity index (χ0v) is 20.7. The third-order valence-electron chi connectivity index (χ3n) is 5.56. The Bertz CT molecular complexity index is 1210. The van der Waals surface area contributed by atoms with Gasteiger partial charge in [0.05, 0.1) is 7.11 Å². The number of ether oxygens (including phenoxy) is 1. The van der Waals surface area contributed by atoms with Crippen LogP contribution in [0.5, 0.6) is 5.75 Å². The number of amides is 1. The lowest BCUT2D eigenvalue weighted by atomic mass is 10.0. The van der Waals surface area contributed by atoms with Gasteiger partial charge in [0, 0.05) is 23.8 Å². The number of nitrogens with one attached hydrogen (secondary N) is 2. The fraction of sp³-hybridized carbons (Fsp3) is 0.269. The monoisotopic (exact) mass is 481 g/mol. The number of methoxy groups -OCH3 is 1. The van der Waals surface area contributed by atoms with Crippen molar-refractivity contribution in [2.45, 2.75) is 24.3 Å². The number of sulfonamides is 1. The van der Waals surface area contributed by atoms with Gasteiger partial charge in [-0.1, -0.05) is 48.0 Å². The summed E-state index contributed by atoms with van der Waals surface area (Å²) in [6.07, 6.45) is 0.775. The number of anilines is 1. The normalized spacial score (nSPS) is 12.3. The van der Waals surface area contributed by atoms with Gasteiger partial charge in [-0.15, -0.1) is 0 Å². The van der Waals surface area contributed by atoms with Gasteiger partial charge in [0.2, 0.25) is 0 Å². The number of nitrogens with zero attached hydrogens (tertiary/aromatic N) is 1. The van der Waals surface area contributed by atoms with Crippen LogP contribution in [0, 0.1) is 6.92 Å². The number of rotatable bonds is 10. The first-order valence-corrected chi connectivity index (χ1v) is 12.4. The van der Waals surface area contributed by atoms with E-state index in [0.717, 1.165) is 12.0 Å². The van der Waals surface area contributed by atoms with Crippen molar-refractivity contribution in [2.24, 2.45) is 0 Å². The highest BCUT2D eigenvalue weighted by molar-refractivity contribution is 7.92. The summed E-state index contributed by atoms with van der Waals surface area (Å²) in [5, 5.41) is 2.94. The molecular weight excluding hydrogens is 450 g/mol. The van der Waals surface area contributed by atoms with Crippen molar-refractivity contribution in [3.63, 3.8) is 0 Å². The van der Waals surface area contributed by atoms with E-state index in [1.807, 2.05) is 51.4 Å². The maximum atomic E-state index is 13.1. The summed E-state index contributed by atoms with van der Waals surface area (Å²) in [7, 11) is 1.35. The molecule has 0 aliphatic heterocycles. The van der Waals surface area contributed by atoms with Crippen LogP contribution < -0.4 is 14.8 Å². The molecule has 1 amide bonds. The van der Waals surface area contributed by atoms with E-state index < -0.39 is 10.0 Å². The molecule has 3 aromatic rings. The van der Waals surface area contributed by atoms with Gasteiger partial charge < -0.3 is 15.0 Å². The molecule has 0 spiro atoms. The maximum absolute atomic E-state index is 13.1. The highest BCUT2D eigenvalue weighted by Gasteiger charge is 2.22. The maximum Gasteiger partial charge on any atom is 0.265 e. The Labute approximate surface area is 201 Å². The molecule has 180 valence electrons. The summed E-state index contributed by atoms with van der Waals surface area (Å²) in [6.45, 7) is 2.33. The highest BCUT2D eigenvalue weighted by atomic mass is 32.2. The van der Waals surface area contributed by atoms with Gasteiger partial charge in [0.15, 0.2) is 0 Å². The van der Waals surface area contributed by atoms with Crippen LogP contribution in [0.25, 0.3) is 0 Å². The summed E-state index contributed by atoms with van der Waals surface area (Å²) < 4.78 is 34.0. The number of likely N-dealkylation sites (N-methyl/N-ethyl adjacent to an activating group) is 1. The third-order valence-corrected chi connectivity index (χ3v) is 6.96. The van der Waals surface area contributed by atoms with Crippen LogP contribution in [0.1, 0.15) is 21.5 Å². The first-order valence-electron chi connectivity index (χ1n) is 11.0. The van der Waals surface area contributed by atoms with Gasteiger partial charge in [-0.3, -0.25) is 9.52 Å². The van der Waals surface area contributed by atoms with Gasteiger partial charge in [0.1, 0.15) is 10.6 Å².